The molecule has 100 valence electrons. The topological polar surface area (TPSA) is 60.4 Å². The maximum Gasteiger partial charge on any atom is 0.147 e. The van der Waals surface area contributed by atoms with E-state index in [1.807, 2.05) is 18.2 Å². The van der Waals surface area contributed by atoms with E-state index in [0.29, 0.717) is 18.4 Å². The maximum atomic E-state index is 12.1. The summed E-state index contributed by atoms with van der Waals surface area (Å²) in [5, 5.41) is 1.85. The van der Waals surface area contributed by atoms with Gasteiger partial charge in [0, 0.05) is 23.3 Å². The average molecular weight is 268 g/mol. The van der Waals surface area contributed by atoms with Crippen LogP contribution in [0.5, 0.6) is 0 Å². The van der Waals surface area contributed by atoms with Crippen LogP contribution in [0.2, 0.25) is 0 Å². The molecule has 0 aliphatic heterocycles. The molecule has 0 amide bonds. The normalized spacial score (nSPS) is 20.1. The van der Waals surface area contributed by atoms with Gasteiger partial charge in [-0.25, -0.2) is 0 Å². The first-order chi connectivity index (χ1) is 9.74. The van der Waals surface area contributed by atoms with Crippen LogP contribution in [0.15, 0.2) is 39.6 Å². The van der Waals surface area contributed by atoms with Gasteiger partial charge in [0.15, 0.2) is 0 Å². The lowest BCUT2D eigenvalue weighted by Gasteiger charge is -2.18. The molecule has 2 aromatic heterocycles. The van der Waals surface area contributed by atoms with E-state index < -0.39 is 0 Å². The minimum Gasteiger partial charge on any atom is -0.464 e. The van der Waals surface area contributed by atoms with Crippen LogP contribution in [0, 0.1) is 0 Å². The fraction of sp³-hybridized carbons (Fsp3) is 0.250. The van der Waals surface area contributed by atoms with Crippen LogP contribution in [-0.4, -0.2) is 11.6 Å². The molecule has 0 spiro atoms. The molecule has 1 aromatic carbocycles. The van der Waals surface area contributed by atoms with Crippen molar-refractivity contribution in [2.75, 3.05) is 0 Å². The minimum atomic E-state index is -0.260. The molecule has 3 aromatic rings. The molecule has 2 heterocycles. The largest absolute Gasteiger partial charge is 0.464 e. The fourth-order valence-electron chi connectivity index (χ4n) is 3.03. The summed E-state index contributed by atoms with van der Waals surface area (Å²) in [7, 11) is 0. The maximum absolute atomic E-state index is 12.1. The molecule has 0 saturated heterocycles. The molecule has 0 bridgehead atoms. The van der Waals surface area contributed by atoms with Gasteiger partial charge in [-0.2, -0.15) is 0 Å². The third kappa shape index (κ3) is 1.54. The first kappa shape index (κ1) is 11.5. The van der Waals surface area contributed by atoms with Gasteiger partial charge in [-0.05, 0) is 24.6 Å². The first-order valence-corrected chi connectivity index (χ1v) is 6.66. The molecule has 1 atom stereocenters. The molecule has 20 heavy (non-hydrogen) atoms. The smallest absolute Gasteiger partial charge is 0.147 e. The number of benzene rings is 1. The van der Waals surface area contributed by atoms with Gasteiger partial charge >= 0.3 is 0 Å². The van der Waals surface area contributed by atoms with Gasteiger partial charge in [-0.1, -0.05) is 0 Å². The van der Waals surface area contributed by atoms with Gasteiger partial charge in [0.1, 0.15) is 22.7 Å². The highest BCUT2D eigenvalue weighted by molar-refractivity contribution is 6.09. The van der Waals surface area contributed by atoms with E-state index in [1.165, 1.54) is 0 Å². The Kier molecular flexibility index (Phi) is 2.33. The van der Waals surface area contributed by atoms with E-state index in [2.05, 4.69) is 0 Å². The zero-order chi connectivity index (χ0) is 13.7. The highest BCUT2D eigenvalue weighted by Gasteiger charge is 2.31. The van der Waals surface area contributed by atoms with E-state index in [1.54, 1.807) is 12.5 Å². The van der Waals surface area contributed by atoms with E-state index >= 15 is 0 Å². The predicted octanol–water partition coefficient (Wildman–Crippen LogP) is 3.58. The quantitative estimate of drug-likeness (QED) is 0.633. The summed E-state index contributed by atoms with van der Waals surface area (Å²) < 4.78 is 11.1. The highest BCUT2D eigenvalue weighted by Crippen LogP contribution is 2.38. The molecule has 1 fully saturated rings. The van der Waals surface area contributed by atoms with Crippen LogP contribution in [0.1, 0.15) is 30.7 Å². The highest BCUT2D eigenvalue weighted by atomic mass is 16.3. The number of furan rings is 2. The van der Waals surface area contributed by atoms with Gasteiger partial charge in [-0.15, -0.1) is 0 Å². The van der Waals surface area contributed by atoms with Crippen molar-refractivity contribution in [3.8, 4) is 0 Å². The van der Waals surface area contributed by atoms with Crippen molar-refractivity contribution in [2.24, 2.45) is 0 Å². The molecule has 0 unspecified atom stereocenters. The Morgan fingerprint density at radius 1 is 1.10 bits per heavy atom. The Labute approximate surface area is 114 Å². The summed E-state index contributed by atoms with van der Waals surface area (Å²) in [6.07, 6.45) is 4.31. The number of hydrogen-bond donors (Lipinski definition) is 0. The van der Waals surface area contributed by atoms with Gasteiger partial charge in [0.25, 0.3) is 0 Å². The Morgan fingerprint density at radius 3 is 2.85 bits per heavy atom. The summed E-state index contributed by atoms with van der Waals surface area (Å²) in [4.78, 5) is 23.5. The van der Waals surface area contributed by atoms with Crippen molar-refractivity contribution in [1.82, 2.24) is 0 Å². The standard InChI is InChI=1S/C16H12O4/c17-10-2-3-11(13(18)7-10)12-8-20-14-4-1-9-5-6-19-16(9)15(12)14/h1,4-6,8,11H,2-3,7H2/t11-/m0/s1. The Balaban J connectivity index is 1.93. The molecule has 4 rings (SSSR count). The molecule has 4 heteroatoms. The second-order valence-corrected chi connectivity index (χ2v) is 5.24. The number of hydrogen-bond acceptors (Lipinski definition) is 4. The van der Waals surface area contributed by atoms with Crippen molar-refractivity contribution >= 4 is 33.5 Å². The van der Waals surface area contributed by atoms with Gasteiger partial charge in [-0.3, -0.25) is 9.59 Å². The lowest BCUT2D eigenvalue weighted by Crippen LogP contribution is -2.22. The van der Waals surface area contributed by atoms with Crippen LogP contribution >= 0.6 is 0 Å². The first-order valence-electron chi connectivity index (χ1n) is 6.66. The van der Waals surface area contributed by atoms with Crippen LogP contribution in [0.25, 0.3) is 21.9 Å². The molecular weight excluding hydrogens is 256 g/mol. The third-order valence-electron chi connectivity index (χ3n) is 4.03. The number of ketones is 2. The lowest BCUT2D eigenvalue weighted by molar-refractivity contribution is -0.130. The molecule has 4 nitrogen and oxygen atoms in total. The van der Waals surface area contributed by atoms with Crippen LogP contribution in [-0.2, 0) is 9.59 Å². The number of Topliss-reactive ketones (excluding diaryl/α,β-unsaturated/α-hetero) is 2. The van der Waals surface area contributed by atoms with Crippen LogP contribution < -0.4 is 0 Å². The summed E-state index contributed by atoms with van der Waals surface area (Å²) in [6.45, 7) is 0. The summed E-state index contributed by atoms with van der Waals surface area (Å²) in [6, 6.07) is 5.70. The monoisotopic (exact) mass is 268 g/mol. The molecular formula is C16H12O4. The number of fused-ring (bicyclic) bond motifs is 3. The summed E-state index contributed by atoms with van der Waals surface area (Å²) in [5.74, 6) is -0.251. The Bertz CT molecular complexity index is 837. The summed E-state index contributed by atoms with van der Waals surface area (Å²) >= 11 is 0. The van der Waals surface area contributed by atoms with Crippen molar-refractivity contribution < 1.29 is 18.4 Å². The van der Waals surface area contributed by atoms with E-state index in [0.717, 1.165) is 21.9 Å². The average Bonchev–Trinajstić information content (AvgIpc) is 3.03. The van der Waals surface area contributed by atoms with Crippen molar-refractivity contribution in [3.05, 3.63) is 36.3 Å². The Morgan fingerprint density at radius 2 is 2.00 bits per heavy atom. The van der Waals surface area contributed by atoms with E-state index in [4.69, 9.17) is 8.83 Å². The zero-order valence-electron chi connectivity index (χ0n) is 10.7. The van der Waals surface area contributed by atoms with E-state index in [9.17, 15) is 9.59 Å². The van der Waals surface area contributed by atoms with Gasteiger partial charge < -0.3 is 8.83 Å². The van der Waals surface area contributed by atoms with Crippen LogP contribution in [0.3, 0.4) is 0 Å². The van der Waals surface area contributed by atoms with Crippen molar-refractivity contribution in [2.45, 2.75) is 25.2 Å². The van der Waals surface area contributed by atoms with E-state index in [-0.39, 0.29) is 23.9 Å². The SMILES string of the molecule is O=C1CC[C@@H](c2coc3ccc4ccoc4c23)C(=O)C1. The molecule has 0 radical (unpaired) electrons. The minimum absolute atomic E-state index is 0.0208. The predicted molar refractivity (Wildman–Crippen MR) is 72.6 cm³/mol. The van der Waals surface area contributed by atoms with Gasteiger partial charge in [0.05, 0.1) is 24.3 Å². The second-order valence-electron chi connectivity index (χ2n) is 5.24. The molecule has 1 aliphatic carbocycles. The fourth-order valence-corrected chi connectivity index (χ4v) is 3.03. The number of carbonyl (C=O) groups is 2. The molecule has 1 saturated carbocycles. The molecule has 1 aliphatic rings. The third-order valence-corrected chi connectivity index (χ3v) is 4.03. The van der Waals surface area contributed by atoms with Crippen LogP contribution in [0.4, 0.5) is 0 Å². The zero-order valence-corrected chi connectivity index (χ0v) is 10.7. The summed E-state index contributed by atoms with van der Waals surface area (Å²) in [5.41, 5.74) is 2.31. The number of carbonyl (C=O) groups excluding carboxylic acids is 2. The molecule has 0 N–H and O–H groups in total. The lowest BCUT2D eigenvalue weighted by atomic mass is 9.82. The number of rotatable bonds is 1. The van der Waals surface area contributed by atoms with Crippen molar-refractivity contribution in [3.63, 3.8) is 0 Å². The van der Waals surface area contributed by atoms with Crippen molar-refractivity contribution in [1.29, 1.82) is 0 Å². The van der Waals surface area contributed by atoms with Gasteiger partial charge in [0.2, 0.25) is 0 Å². The second kappa shape index (κ2) is 4.07. The Hall–Kier alpha value is -2.36.